The highest BCUT2D eigenvalue weighted by atomic mass is 16.8. The normalized spacial score (nSPS) is 30.6. The van der Waals surface area contributed by atoms with Crippen molar-refractivity contribution >= 4 is 29.7 Å². The smallest absolute Gasteiger partial charge is 0.364 e. The fraction of sp³-hybridized carbons (Fsp3) is 0.934. The highest BCUT2D eigenvalue weighted by Crippen LogP contribution is 2.41. The molecule has 0 aromatic rings. The maximum Gasteiger partial charge on any atom is 0.364 e. The van der Waals surface area contributed by atoms with Gasteiger partial charge in [-0.25, -0.2) is 9.59 Å². The van der Waals surface area contributed by atoms with Crippen molar-refractivity contribution in [2.75, 3.05) is 33.0 Å². The summed E-state index contributed by atoms with van der Waals surface area (Å²) < 4.78 is 46.6. The lowest BCUT2D eigenvalue weighted by Gasteiger charge is -2.51. The number of aliphatic hydroxyl groups excluding tert-OH is 14. The van der Waals surface area contributed by atoms with E-state index in [-0.39, 0.29) is 12.3 Å². The van der Waals surface area contributed by atoms with Crippen LogP contribution in [-0.4, -0.2) is 290 Å². The third kappa shape index (κ3) is 32.0. The predicted octanol–water partition coefficient (Wildman–Crippen LogP) is 2.90. The van der Waals surface area contributed by atoms with Gasteiger partial charge in [0.1, 0.15) is 85.5 Å². The quantitative estimate of drug-likeness (QED) is 0.0389. The molecule has 3 amide bonds. The standard InChI is InChI=1S/C76H139N3O29/c1-5-7-9-11-13-15-17-19-20-21-22-23-24-25-26-28-30-32-34-36-38-40-58(90)79-50(51(86)39-37-35-33-31-29-27-18-16-14-12-10-8-6-2)47-101-71-65(95)64(94)67(57(46-83)103-71)104-72-66(96)70(62(92)55(44-81)102-72)108-76(74(99)100)42-53(88)60(78-49(4)85)69(107-76)63(93)56(45-82)105-75(73(97)98)41-52(87)59(77-48(3)84)68(106-75)61(91)54(89)43-80/h50-57,59-72,80-83,86-89,91-96H,5-47H2,1-4H3,(H,77,84)(H,78,85)(H,79,90)(H,97,98)(H,99,100)/t50-,51+,52-,53-,54+,55+,56+,57+,59+,60+,61+,62-,63+,64+,65+,66+,67+,68?,69?,70-,71+,72-,75+,76-/m0/s1. The lowest BCUT2D eigenvalue weighted by molar-refractivity contribution is -0.388. The predicted molar refractivity (Wildman–Crippen MR) is 391 cm³/mol. The van der Waals surface area contributed by atoms with Crippen molar-refractivity contribution in [2.45, 2.75) is 418 Å². The number of aliphatic carboxylic acids is 2. The molecule has 108 heavy (non-hydrogen) atoms. The second-order valence-corrected chi connectivity index (χ2v) is 30.4. The van der Waals surface area contributed by atoms with E-state index >= 15 is 0 Å². The summed E-state index contributed by atoms with van der Waals surface area (Å²) in [6.45, 7) is 1.22. The number of rotatable bonds is 59. The van der Waals surface area contributed by atoms with Crippen LogP contribution in [0.4, 0.5) is 0 Å². The molecule has 19 N–H and O–H groups in total. The molecule has 0 aromatic carbocycles. The fourth-order valence-electron chi connectivity index (χ4n) is 14.9. The number of carbonyl (C=O) groups is 5. The van der Waals surface area contributed by atoms with Crippen LogP contribution in [0.1, 0.15) is 272 Å². The zero-order chi connectivity index (χ0) is 79.8. The molecule has 24 atom stereocenters. The molecule has 32 nitrogen and oxygen atoms in total. The van der Waals surface area contributed by atoms with Crippen LogP contribution in [0.3, 0.4) is 0 Å². The van der Waals surface area contributed by atoms with Crippen LogP contribution in [0, 0.1) is 0 Å². The van der Waals surface area contributed by atoms with Crippen molar-refractivity contribution < 1.29 is 144 Å². The van der Waals surface area contributed by atoms with E-state index in [2.05, 4.69) is 29.8 Å². The van der Waals surface area contributed by atoms with Gasteiger partial charge < -0.3 is 136 Å². The lowest BCUT2D eigenvalue weighted by atomic mass is 9.87. The van der Waals surface area contributed by atoms with Crippen molar-refractivity contribution in [1.29, 1.82) is 0 Å². The zero-order valence-corrected chi connectivity index (χ0v) is 64.6. The number of ether oxygens (including phenoxy) is 8. The molecule has 0 aliphatic carbocycles. The van der Waals surface area contributed by atoms with Gasteiger partial charge in [0, 0.05) is 33.1 Å². The second-order valence-electron chi connectivity index (χ2n) is 30.4. The molecule has 0 bridgehead atoms. The summed E-state index contributed by atoms with van der Waals surface area (Å²) in [5.74, 6) is -13.1. The van der Waals surface area contributed by atoms with Crippen molar-refractivity contribution in [1.82, 2.24) is 16.0 Å². The van der Waals surface area contributed by atoms with Gasteiger partial charge in [-0.3, -0.25) is 14.4 Å². The molecule has 0 spiro atoms. The van der Waals surface area contributed by atoms with Gasteiger partial charge in [-0.05, 0) is 12.8 Å². The molecule has 4 saturated heterocycles. The molecule has 0 saturated carbocycles. The Kier molecular flexibility index (Phi) is 47.3. The zero-order valence-electron chi connectivity index (χ0n) is 64.6. The number of unbranched alkanes of at least 4 members (excludes halogenated alkanes) is 32. The van der Waals surface area contributed by atoms with Gasteiger partial charge in [-0.15, -0.1) is 0 Å². The van der Waals surface area contributed by atoms with E-state index < -0.39 is 216 Å². The van der Waals surface area contributed by atoms with Crippen molar-refractivity contribution in [3.05, 3.63) is 0 Å². The van der Waals surface area contributed by atoms with Crippen LogP contribution in [0.2, 0.25) is 0 Å². The molecule has 4 rings (SSSR count). The fourth-order valence-corrected chi connectivity index (χ4v) is 14.9. The van der Waals surface area contributed by atoms with Gasteiger partial charge in [-0.2, -0.15) is 0 Å². The van der Waals surface area contributed by atoms with Crippen LogP contribution >= 0.6 is 0 Å². The van der Waals surface area contributed by atoms with E-state index in [0.717, 1.165) is 65.2 Å². The maximum absolute atomic E-state index is 13.6. The summed E-state index contributed by atoms with van der Waals surface area (Å²) in [5, 5.41) is 185. The number of aliphatic hydroxyl groups is 14. The Hall–Kier alpha value is -3.53. The number of amides is 3. The molecular formula is C76H139N3O29. The van der Waals surface area contributed by atoms with E-state index in [9.17, 15) is 106 Å². The van der Waals surface area contributed by atoms with E-state index in [0.29, 0.717) is 19.3 Å². The van der Waals surface area contributed by atoms with Gasteiger partial charge >= 0.3 is 11.9 Å². The molecular weight excluding hydrogens is 1420 g/mol. The number of carbonyl (C=O) groups excluding carboxylic acids is 3. The summed E-state index contributed by atoms with van der Waals surface area (Å²) in [6.07, 6.45) is -1.56. The summed E-state index contributed by atoms with van der Waals surface area (Å²) in [6, 6.07) is -4.64. The van der Waals surface area contributed by atoms with Gasteiger partial charge in [-0.1, -0.05) is 226 Å². The molecule has 4 aliphatic heterocycles. The van der Waals surface area contributed by atoms with Crippen molar-refractivity contribution in [2.24, 2.45) is 0 Å². The molecule has 4 heterocycles. The first-order valence-electron chi connectivity index (χ1n) is 40.5. The van der Waals surface area contributed by atoms with Gasteiger partial charge in [0.05, 0.1) is 69.5 Å². The number of carboxylic acid groups (broad SMARTS) is 2. The van der Waals surface area contributed by atoms with Gasteiger partial charge in [0.2, 0.25) is 17.7 Å². The van der Waals surface area contributed by atoms with Crippen LogP contribution in [-0.2, 0) is 61.9 Å². The summed E-state index contributed by atoms with van der Waals surface area (Å²) >= 11 is 0. The average molecular weight is 1560 g/mol. The van der Waals surface area contributed by atoms with Crippen LogP contribution in [0.15, 0.2) is 0 Å². The first-order chi connectivity index (χ1) is 51.7. The highest BCUT2D eigenvalue weighted by Gasteiger charge is 2.62. The Labute approximate surface area is 637 Å². The lowest BCUT2D eigenvalue weighted by Crippen LogP contribution is -2.72. The van der Waals surface area contributed by atoms with E-state index in [1.54, 1.807) is 0 Å². The minimum absolute atomic E-state index is 0.180. The van der Waals surface area contributed by atoms with Crippen LogP contribution in [0.5, 0.6) is 0 Å². The third-order valence-electron chi connectivity index (χ3n) is 21.3. The van der Waals surface area contributed by atoms with Crippen LogP contribution in [0.25, 0.3) is 0 Å². The maximum atomic E-state index is 13.6. The Morgan fingerprint density at radius 2 is 0.870 bits per heavy atom. The number of nitrogens with one attached hydrogen (secondary N) is 3. The van der Waals surface area contributed by atoms with Crippen molar-refractivity contribution in [3.63, 3.8) is 0 Å². The molecule has 632 valence electrons. The van der Waals surface area contributed by atoms with Crippen LogP contribution < -0.4 is 16.0 Å². The van der Waals surface area contributed by atoms with Gasteiger partial charge in [0.25, 0.3) is 11.6 Å². The summed E-state index contributed by atoms with van der Waals surface area (Å²) in [7, 11) is 0. The first kappa shape index (κ1) is 96.8. The molecule has 4 aliphatic rings. The Morgan fingerprint density at radius 1 is 0.463 bits per heavy atom. The van der Waals surface area contributed by atoms with E-state index in [4.69, 9.17) is 37.9 Å². The summed E-state index contributed by atoms with van der Waals surface area (Å²) in [4.78, 5) is 65.1. The second kappa shape index (κ2) is 52.8. The monoisotopic (exact) mass is 1560 g/mol. The Bertz CT molecular complexity index is 2470. The van der Waals surface area contributed by atoms with E-state index in [1.807, 2.05) is 0 Å². The Balaban J connectivity index is 1.43. The van der Waals surface area contributed by atoms with Gasteiger partial charge in [0.15, 0.2) is 12.6 Å². The highest BCUT2D eigenvalue weighted by molar-refractivity contribution is 5.78. The van der Waals surface area contributed by atoms with Crippen molar-refractivity contribution in [3.8, 4) is 0 Å². The average Bonchev–Trinajstić information content (AvgIpc) is 0.758. The molecule has 0 radical (unpaired) electrons. The minimum atomic E-state index is -3.39. The third-order valence-corrected chi connectivity index (χ3v) is 21.3. The summed E-state index contributed by atoms with van der Waals surface area (Å²) in [5.41, 5.74) is 0. The number of hydrogen-bond donors (Lipinski definition) is 19. The molecule has 0 aromatic heterocycles. The molecule has 4 fully saturated rings. The number of carboxylic acids is 2. The minimum Gasteiger partial charge on any atom is -0.477 e. The SMILES string of the molecule is CCCCCCCCCCCCCCCCCCCCCCCC(=O)N[C@@H](CO[C@@H]1O[C@H](CO)[C@@H](O[C@@H]2O[C@H](CO)[C@H](O)[C@H](O[C@]3(C(=O)O)C[C@H](O)[C@@H](NC(C)=O)C([C@H](O)[C@@H](CO)O[C@]4(C(=O)O)C[C@H](O)[C@@H](NC(C)=O)C([C@H](O)[C@H](O)CO)O4)O3)[C@H]2O)[C@H](O)[C@H]1O)[C@H](O)CCCCCCCCCCCCCCC. The largest absolute Gasteiger partial charge is 0.477 e. The molecule has 2 unspecified atom stereocenters. The number of hydrogen-bond acceptors (Lipinski definition) is 27. The Morgan fingerprint density at radius 3 is 1.29 bits per heavy atom. The topological polar surface area (TPSA) is 519 Å². The molecule has 32 heteroatoms. The first-order valence-corrected chi connectivity index (χ1v) is 40.5. The van der Waals surface area contributed by atoms with E-state index in [1.165, 1.54) is 154 Å².